The van der Waals surface area contributed by atoms with E-state index in [1.165, 1.54) is 6.07 Å². The Labute approximate surface area is 116 Å². The molecule has 4 nitrogen and oxygen atoms in total. The van der Waals surface area contributed by atoms with Crippen molar-refractivity contribution in [2.75, 3.05) is 5.73 Å². The minimum absolute atomic E-state index is 0.0638. The van der Waals surface area contributed by atoms with Crippen molar-refractivity contribution in [3.8, 4) is 0 Å². The van der Waals surface area contributed by atoms with Crippen molar-refractivity contribution in [1.82, 2.24) is 4.72 Å². The average Bonchev–Trinajstić information content (AvgIpc) is 2.30. The lowest BCUT2D eigenvalue weighted by atomic mass is 10.1. The fourth-order valence-electron chi connectivity index (χ4n) is 2.03. The van der Waals surface area contributed by atoms with Gasteiger partial charge < -0.3 is 5.73 Å². The fourth-order valence-corrected chi connectivity index (χ4v) is 3.66. The van der Waals surface area contributed by atoms with Crippen LogP contribution >= 0.6 is 0 Å². The first-order valence-electron chi connectivity index (χ1n) is 6.67. The molecule has 0 heterocycles. The molecule has 108 valence electrons. The molecule has 3 N–H and O–H groups in total. The highest BCUT2D eigenvalue weighted by Crippen LogP contribution is 2.22. The number of sulfonamides is 1. The molecule has 0 saturated carbocycles. The summed E-state index contributed by atoms with van der Waals surface area (Å²) >= 11 is 0. The lowest BCUT2D eigenvalue weighted by molar-refractivity contribution is 0.534. The lowest BCUT2D eigenvalue weighted by Gasteiger charge is -2.16. The van der Waals surface area contributed by atoms with Gasteiger partial charge in [0, 0.05) is 11.7 Å². The number of benzene rings is 1. The van der Waals surface area contributed by atoms with Crippen molar-refractivity contribution >= 4 is 15.7 Å². The van der Waals surface area contributed by atoms with E-state index in [2.05, 4.69) is 11.6 Å². The highest BCUT2D eigenvalue weighted by atomic mass is 32.2. The molecule has 0 aliphatic carbocycles. The first kappa shape index (κ1) is 16.0. The van der Waals surface area contributed by atoms with Gasteiger partial charge in [-0.05, 0) is 50.5 Å². The van der Waals surface area contributed by atoms with Gasteiger partial charge in [0.25, 0.3) is 0 Å². The van der Waals surface area contributed by atoms with Gasteiger partial charge in [-0.1, -0.05) is 19.8 Å². The summed E-state index contributed by atoms with van der Waals surface area (Å²) in [5.74, 6) is 0. The molecule has 0 amide bonds. The predicted molar refractivity (Wildman–Crippen MR) is 79.6 cm³/mol. The summed E-state index contributed by atoms with van der Waals surface area (Å²) in [6.07, 6.45) is 2.91. The molecule has 1 rings (SSSR count). The van der Waals surface area contributed by atoms with E-state index < -0.39 is 10.0 Å². The van der Waals surface area contributed by atoms with Gasteiger partial charge in [0.15, 0.2) is 0 Å². The molecule has 1 aromatic rings. The third-order valence-corrected chi connectivity index (χ3v) is 4.99. The molecule has 0 aromatic heterocycles. The Morgan fingerprint density at radius 3 is 2.53 bits per heavy atom. The van der Waals surface area contributed by atoms with Crippen LogP contribution in [0.2, 0.25) is 0 Å². The summed E-state index contributed by atoms with van der Waals surface area (Å²) in [6.45, 7) is 7.65. The Bertz CT molecular complexity index is 539. The van der Waals surface area contributed by atoms with Gasteiger partial charge in [-0.3, -0.25) is 0 Å². The molecule has 0 aliphatic rings. The molecule has 5 heteroatoms. The number of nitrogens with one attached hydrogen (secondary N) is 1. The average molecular weight is 284 g/mol. The Kier molecular flexibility index (Phi) is 5.38. The van der Waals surface area contributed by atoms with Crippen LogP contribution in [0.15, 0.2) is 17.0 Å². The summed E-state index contributed by atoms with van der Waals surface area (Å²) < 4.78 is 27.4. The monoisotopic (exact) mass is 284 g/mol. The summed E-state index contributed by atoms with van der Waals surface area (Å²) in [6, 6.07) is 3.25. The lowest BCUT2D eigenvalue weighted by Crippen LogP contribution is -2.33. The number of anilines is 1. The third kappa shape index (κ3) is 4.21. The molecule has 0 spiro atoms. The maximum Gasteiger partial charge on any atom is 0.241 e. The molecule has 0 saturated heterocycles. The van der Waals surface area contributed by atoms with Crippen molar-refractivity contribution in [3.05, 3.63) is 23.3 Å². The maximum absolute atomic E-state index is 12.4. The van der Waals surface area contributed by atoms with Crippen LogP contribution in [-0.4, -0.2) is 14.5 Å². The summed E-state index contributed by atoms with van der Waals surface area (Å²) in [5, 5.41) is 0. The molecule has 1 aromatic carbocycles. The molecular formula is C14H24N2O2S. The molecule has 1 atom stereocenters. The van der Waals surface area contributed by atoms with Gasteiger partial charge in [0.2, 0.25) is 10.0 Å². The minimum atomic E-state index is -3.50. The van der Waals surface area contributed by atoms with Gasteiger partial charge in [0.05, 0.1) is 4.90 Å². The van der Waals surface area contributed by atoms with Crippen molar-refractivity contribution in [3.63, 3.8) is 0 Å². The highest BCUT2D eigenvalue weighted by molar-refractivity contribution is 7.89. The van der Waals surface area contributed by atoms with Gasteiger partial charge >= 0.3 is 0 Å². The molecular weight excluding hydrogens is 260 g/mol. The van der Waals surface area contributed by atoms with Crippen LogP contribution < -0.4 is 10.5 Å². The normalized spacial score (nSPS) is 13.5. The van der Waals surface area contributed by atoms with Gasteiger partial charge in [0.1, 0.15) is 0 Å². The fraction of sp³-hybridized carbons (Fsp3) is 0.571. The smallest absolute Gasteiger partial charge is 0.241 e. The molecule has 19 heavy (non-hydrogen) atoms. The zero-order valence-electron chi connectivity index (χ0n) is 12.2. The molecule has 0 bridgehead atoms. The SMILES string of the molecule is CCCCC(C)NS(=O)(=O)c1cc(N)cc(C)c1C. The highest BCUT2D eigenvalue weighted by Gasteiger charge is 2.20. The van der Waals surface area contributed by atoms with Crippen LogP contribution in [0.4, 0.5) is 5.69 Å². The molecule has 0 radical (unpaired) electrons. The summed E-state index contributed by atoms with van der Waals surface area (Å²) in [5.41, 5.74) is 7.86. The van der Waals surface area contributed by atoms with Crippen LogP contribution in [0.5, 0.6) is 0 Å². The second-order valence-electron chi connectivity index (χ2n) is 5.13. The predicted octanol–water partition coefficient (Wildman–Crippen LogP) is 2.74. The molecule has 0 aliphatic heterocycles. The van der Waals surface area contributed by atoms with Crippen molar-refractivity contribution in [2.24, 2.45) is 0 Å². The van der Waals surface area contributed by atoms with Crippen molar-refractivity contribution < 1.29 is 8.42 Å². The molecule has 1 unspecified atom stereocenters. The van der Waals surface area contributed by atoms with Crippen LogP contribution in [0.3, 0.4) is 0 Å². The van der Waals surface area contributed by atoms with Crippen LogP contribution in [0, 0.1) is 13.8 Å². The quantitative estimate of drug-likeness (QED) is 0.789. The first-order chi connectivity index (χ1) is 8.77. The van der Waals surface area contributed by atoms with E-state index in [1.807, 2.05) is 13.8 Å². The Morgan fingerprint density at radius 1 is 1.32 bits per heavy atom. The van der Waals surface area contributed by atoms with Gasteiger partial charge in [-0.25, -0.2) is 13.1 Å². The first-order valence-corrected chi connectivity index (χ1v) is 8.15. The van der Waals surface area contributed by atoms with Crippen LogP contribution in [-0.2, 0) is 10.0 Å². The van der Waals surface area contributed by atoms with E-state index in [9.17, 15) is 8.42 Å². The number of hydrogen-bond acceptors (Lipinski definition) is 3. The van der Waals surface area contributed by atoms with E-state index in [4.69, 9.17) is 5.73 Å². The second-order valence-corrected chi connectivity index (χ2v) is 6.81. The van der Waals surface area contributed by atoms with E-state index >= 15 is 0 Å². The third-order valence-electron chi connectivity index (χ3n) is 3.28. The number of nitrogen functional groups attached to an aromatic ring is 1. The maximum atomic E-state index is 12.4. The van der Waals surface area contributed by atoms with E-state index in [0.717, 1.165) is 30.4 Å². The van der Waals surface area contributed by atoms with Gasteiger partial charge in [-0.2, -0.15) is 0 Å². The summed E-state index contributed by atoms with van der Waals surface area (Å²) in [4.78, 5) is 0.286. The van der Waals surface area contributed by atoms with Crippen LogP contribution in [0.1, 0.15) is 44.2 Å². The summed E-state index contributed by atoms with van der Waals surface area (Å²) in [7, 11) is -3.50. The van der Waals surface area contributed by atoms with Crippen molar-refractivity contribution in [1.29, 1.82) is 0 Å². The number of unbranched alkanes of at least 4 members (excludes halogenated alkanes) is 1. The van der Waals surface area contributed by atoms with E-state index in [0.29, 0.717) is 5.69 Å². The number of rotatable bonds is 6. The Morgan fingerprint density at radius 2 is 1.95 bits per heavy atom. The molecule has 0 fully saturated rings. The van der Waals surface area contributed by atoms with Gasteiger partial charge in [-0.15, -0.1) is 0 Å². The second kappa shape index (κ2) is 6.39. The van der Waals surface area contributed by atoms with E-state index in [1.54, 1.807) is 13.0 Å². The van der Waals surface area contributed by atoms with Crippen molar-refractivity contribution in [2.45, 2.75) is 57.9 Å². The standard InChI is InChI=1S/C14H24N2O2S/c1-5-6-7-11(3)16-19(17,18)14-9-13(15)8-10(2)12(14)4/h8-9,11,16H,5-7,15H2,1-4H3. The zero-order chi connectivity index (χ0) is 14.6. The Hall–Kier alpha value is -1.07. The zero-order valence-corrected chi connectivity index (χ0v) is 13.0. The topological polar surface area (TPSA) is 72.2 Å². The largest absolute Gasteiger partial charge is 0.399 e. The van der Waals surface area contributed by atoms with Crippen LogP contribution in [0.25, 0.3) is 0 Å². The number of hydrogen-bond donors (Lipinski definition) is 2. The Balaban J connectivity index is 3.01. The minimum Gasteiger partial charge on any atom is -0.399 e. The van der Waals surface area contributed by atoms with E-state index in [-0.39, 0.29) is 10.9 Å². The number of nitrogens with two attached hydrogens (primary N) is 1. The number of aryl methyl sites for hydroxylation is 1.